The van der Waals surface area contributed by atoms with E-state index in [1.165, 1.54) is 50.4 Å². The van der Waals surface area contributed by atoms with Crippen molar-refractivity contribution in [3.05, 3.63) is 48.5 Å². The lowest BCUT2D eigenvalue weighted by Crippen LogP contribution is -2.34. The number of anilines is 2. The maximum atomic E-state index is 13.0. The summed E-state index contributed by atoms with van der Waals surface area (Å²) in [6, 6.07) is 11.8. The molecule has 1 N–H and O–H groups in total. The highest BCUT2D eigenvalue weighted by molar-refractivity contribution is 7.92. The van der Waals surface area contributed by atoms with Gasteiger partial charge in [-0.3, -0.25) is 13.9 Å². The van der Waals surface area contributed by atoms with E-state index in [2.05, 4.69) is 5.32 Å². The number of rotatable bonds is 7. The third kappa shape index (κ3) is 4.74. The summed E-state index contributed by atoms with van der Waals surface area (Å²) in [7, 11) is -2.55. The summed E-state index contributed by atoms with van der Waals surface area (Å²) >= 11 is 5.44. The van der Waals surface area contributed by atoms with E-state index in [1.54, 1.807) is 12.1 Å². The minimum Gasteiger partial charge on any atom is -0.497 e. The number of hydrogen-bond acceptors (Lipinski definition) is 5. The Hall–Kier alpha value is -2.58. The van der Waals surface area contributed by atoms with Crippen LogP contribution in [-0.4, -0.2) is 33.2 Å². The molecular weight excluding hydrogens is 380 g/mol. The molecule has 9 heteroatoms. The standard InChI is InChI=1S/C17H17ClN2O5S/c1-12(21)19-13-3-9-16(10-4-13)26(23,24)20(11-17(18)22)14-5-7-15(25-2)8-6-14/h3-10H,11H2,1-2H3,(H,19,21). The molecule has 0 aliphatic heterocycles. The second-order valence-corrected chi connectivity index (χ2v) is 7.55. The molecule has 0 spiro atoms. The van der Waals surface area contributed by atoms with Gasteiger partial charge in [-0.25, -0.2) is 8.42 Å². The van der Waals surface area contributed by atoms with Crippen LogP contribution in [0.5, 0.6) is 5.75 Å². The number of halogens is 1. The average molecular weight is 397 g/mol. The lowest BCUT2D eigenvalue weighted by Gasteiger charge is -2.23. The molecule has 0 aliphatic carbocycles. The highest BCUT2D eigenvalue weighted by Gasteiger charge is 2.26. The van der Waals surface area contributed by atoms with Crippen LogP contribution in [0.25, 0.3) is 0 Å². The molecule has 0 aliphatic rings. The molecule has 0 heterocycles. The summed E-state index contributed by atoms with van der Waals surface area (Å²) in [5.41, 5.74) is 0.728. The first-order valence-electron chi connectivity index (χ1n) is 7.47. The smallest absolute Gasteiger partial charge is 0.264 e. The van der Waals surface area contributed by atoms with Gasteiger partial charge in [0.25, 0.3) is 10.0 Å². The number of nitrogens with zero attached hydrogens (tertiary/aromatic N) is 1. The van der Waals surface area contributed by atoms with Crippen molar-refractivity contribution in [3.63, 3.8) is 0 Å². The summed E-state index contributed by atoms with van der Waals surface area (Å²) in [4.78, 5) is 22.4. The number of carbonyl (C=O) groups is 2. The second kappa shape index (κ2) is 8.20. The van der Waals surface area contributed by atoms with Crippen molar-refractivity contribution < 1.29 is 22.7 Å². The van der Waals surface area contributed by atoms with E-state index in [1.807, 2.05) is 0 Å². The molecule has 0 atom stereocenters. The van der Waals surface area contributed by atoms with Crippen molar-refractivity contribution in [2.45, 2.75) is 11.8 Å². The largest absolute Gasteiger partial charge is 0.497 e. The molecule has 0 radical (unpaired) electrons. The van der Waals surface area contributed by atoms with Gasteiger partial charge in [0, 0.05) is 12.6 Å². The first-order chi connectivity index (χ1) is 12.2. The topological polar surface area (TPSA) is 92.8 Å². The fourth-order valence-electron chi connectivity index (χ4n) is 2.22. The number of methoxy groups -OCH3 is 1. The zero-order valence-corrected chi connectivity index (χ0v) is 15.7. The van der Waals surface area contributed by atoms with Crippen molar-refractivity contribution in [1.82, 2.24) is 0 Å². The van der Waals surface area contributed by atoms with Crippen molar-refractivity contribution in [1.29, 1.82) is 0 Å². The quantitative estimate of drug-likeness (QED) is 0.726. The summed E-state index contributed by atoms with van der Waals surface area (Å²) in [6.45, 7) is 0.825. The van der Waals surface area contributed by atoms with Gasteiger partial charge in [0.2, 0.25) is 11.1 Å². The van der Waals surface area contributed by atoms with E-state index >= 15 is 0 Å². The summed E-state index contributed by atoms with van der Waals surface area (Å²) in [5, 5.41) is 1.73. The molecule has 7 nitrogen and oxygen atoms in total. The molecule has 0 saturated carbocycles. The van der Waals surface area contributed by atoms with Crippen LogP contribution in [0.1, 0.15) is 6.92 Å². The molecule has 2 aromatic carbocycles. The number of amides is 1. The second-order valence-electron chi connectivity index (χ2n) is 5.27. The van der Waals surface area contributed by atoms with Gasteiger partial charge in [0.1, 0.15) is 12.3 Å². The summed E-state index contributed by atoms with van der Waals surface area (Å²) in [6.07, 6.45) is 0. The normalized spacial score (nSPS) is 10.9. The molecule has 138 valence electrons. The number of hydrogen-bond donors (Lipinski definition) is 1. The number of sulfonamides is 1. The van der Waals surface area contributed by atoms with Crippen LogP contribution >= 0.6 is 11.6 Å². The maximum Gasteiger partial charge on any atom is 0.264 e. The van der Waals surface area contributed by atoms with Gasteiger partial charge in [-0.15, -0.1) is 0 Å². The van der Waals surface area contributed by atoms with E-state index < -0.39 is 21.8 Å². The fraction of sp³-hybridized carbons (Fsp3) is 0.176. The molecule has 0 bridgehead atoms. The van der Waals surface area contributed by atoms with Gasteiger partial charge in [0.15, 0.2) is 0 Å². The third-order valence-corrected chi connectivity index (χ3v) is 5.30. The zero-order chi connectivity index (χ0) is 19.3. The number of benzene rings is 2. The Morgan fingerprint density at radius 3 is 2.12 bits per heavy atom. The number of nitrogens with one attached hydrogen (secondary N) is 1. The van der Waals surface area contributed by atoms with E-state index in [0.29, 0.717) is 11.4 Å². The van der Waals surface area contributed by atoms with Crippen molar-refractivity contribution in [2.75, 3.05) is 23.3 Å². The van der Waals surface area contributed by atoms with Crippen LogP contribution in [0, 0.1) is 0 Å². The van der Waals surface area contributed by atoms with Crippen LogP contribution in [0.3, 0.4) is 0 Å². The van der Waals surface area contributed by atoms with Crippen LogP contribution < -0.4 is 14.4 Å². The highest BCUT2D eigenvalue weighted by Crippen LogP contribution is 2.26. The van der Waals surface area contributed by atoms with E-state index in [4.69, 9.17) is 16.3 Å². The Balaban J connectivity index is 2.41. The predicted octanol–water partition coefficient (Wildman–Crippen LogP) is 2.61. The molecule has 2 aromatic rings. The lowest BCUT2D eigenvalue weighted by atomic mass is 10.3. The van der Waals surface area contributed by atoms with Crippen molar-refractivity contribution >= 4 is 44.1 Å². The summed E-state index contributed by atoms with van der Waals surface area (Å²) < 4.78 is 31.9. The van der Waals surface area contributed by atoms with Gasteiger partial charge >= 0.3 is 0 Å². The van der Waals surface area contributed by atoms with Crippen LogP contribution in [0.4, 0.5) is 11.4 Å². The van der Waals surface area contributed by atoms with Crippen LogP contribution in [-0.2, 0) is 19.6 Å². The first kappa shape index (κ1) is 19.7. The number of ether oxygens (including phenoxy) is 1. The maximum absolute atomic E-state index is 13.0. The van der Waals surface area contributed by atoms with Gasteiger partial charge in [0.05, 0.1) is 17.7 Å². The van der Waals surface area contributed by atoms with Gasteiger partial charge in [-0.2, -0.15) is 0 Å². The Labute approximate surface area is 156 Å². The monoisotopic (exact) mass is 396 g/mol. The minimum absolute atomic E-state index is 0.0414. The fourth-order valence-corrected chi connectivity index (χ4v) is 3.83. The highest BCUT2D eigenvalue weighted by atomic mass is 35.5. The van der Waals surface area contributed by atoms with Crippen molar-refractivity contribution in [3.8, 4) is 5.75 Å². The SMILES string of the molecule is COc1ccc(N(CC(=O)Cl)S(=O)(=O)c2ccc(NC(C)=O)cc2)cc1. The molecule has 0 fully saturated rings. The Bertz CT molecular complexity index is 896. The van der Waals surface area contributed by atoms with Crippen molar-refractivity contribution in [2.24, 2.45) is 0 Å². The third-order valence-electron chi connectivity index (χ3n) is 3.39. The van der Waals surface area contributed by atoms with Gasteiger partial charge in [-0.05, 0) is 60.1 Å². The average Bonchev–Trinajstić information content (AvgIpc) is 2.59. The Morgan fingerprint density at radius 2 is 1.65 bits per heavy atom. The Morgan fingerprint density at radius 1 is 1.08 bits per heavy atom. The molecule has 0 saturated heterocycles. The zero-order valence-electron chi connectivity index (χ0n) is 14.1. The number of carbonyl (C=O) groups excluding carboxylic acids is 2. The molecule has 1 amide bonds. The van der Waals surface area contributed by atoms with Crippen LogP contribution in [0.2, 0.25) is 0 Å². The van der Waals surface area contributed by atoms with E-state index in [-0.39, 0.29) is 16.5 Å². The molecular formula is C17H17ClN2O5S. The Kier molecular flexibility index (Phi) is 6.23. The van der Waals surface area contributed by atoms with E-state index in [9.17, 15) is 18.0 Å². The lowest BCUT2D eigenvalue weighted by molar-refractivity contribution is -0.114. The van der Waals surface area contributed by atoms with E-state index in [0.717, 1.165) is 4.31 Å². The van der Waals surface area contributed by atoms with Crippen LogP contribution in [0.15, 0.2) is 53.4 Å². The minimum atomic E-state index is -4.04. The first-order valence-corrected chi connectivity index (χ1v) is 9.28. The van der Waals surface area contributed by atoms with Gasteiger partial charge in [-0.1, -0.05) is 0 Å². The predicted molar refractivity (Wildman–Crippen MR) is 99.1 cm³/mol. The molecule has 2 rings (SSSR count). The molecule has 26 heavy (non-hydrogen) atoms. The summed E-state index contributed by atoms with van der Waals surface area (Å²) in [5.74, 6) is 0.274. The molecule has 0 unspecified atom stereocenters. The van der Waals surface area contributed by atoms with Gasteiger partial charge < -0.3 is 10.1 Å². The molecule has 0 aromatic heterocycles.